The number of imidazole rings is 2. The lowest BCUT2D eigenvalue weighted by atomic mass is 10.1. The average molecular weight is 528 g/mol. The fourth-order valence-corrected chi connectivity index (χ4v) is 5.91. The quantitative estimate of drug-likeness (QED) is 0.196. The van der Waals surface area contributed by atoms with Gasteiger partial charge in [0.2, 0.25) is 0 Å². The molecule has 0 amide bonds. The number of benzene rings is 2. The molecule has 0 unspecified atom stereocenters. The summed E-state index contributed by atoms with van der Waals surface area (Å²) in [6.07, 6.45) is 9.90. The first-order valence-electron chi connectivity index (χ1n) is 13.5. The van der Waals surface area contributed by atoms with Gasteiger partial charge in [-0.25, -0.2) is 15.0 Å². The number of nitrogens with one attached hydrogen (secondary N) is 1. The standard InChI is InChI=1S/C30H37N7S/c1-4-15-36(16-5-2)19-23-6-9-25(10-7-23)30-34-26-11-8-24(18-27(26)38-30)20-37(21-28-31-12-13-32-28)22-29-33-14-17-35(29)3/h6-14,17-18H,4-5,15-16,19-22H2,1-3H3,(H,31,32). The summed E-state index contributed by atoms with van der Waals surface area (Å²) in [6, 6.07) is 15.6. The lowest BCUT2D eigenvalue weighted by Gasteiger charge is -2.21. The Labute approximate surface area is 229 Å². The number of fused-ring (bicyclic) bond motifs is 1. The zero-order valence-corrected chi connectivity index (χ0v) is 23.4. The molecule has 0 radical (unpaired) electrons. The highest BCUT2D eigenvalue weighted by Gasteiger charge is 2.14. The van der Waals surface area contributed by atoms with E-state index < -0.39 is 0 Å². The van der Waals surface area contributed by atoms with E-state index in [2.05, 4.69) is 85.6 Å². The van der Waals surface area contributed by atoms with Crippen LogP contribution in [-0.4, -0.2) is 47.4 Å². The molecule has 2 aromatic carbocycles. The number of aromatic nitrogens is 5. The highest BCUT2D eigenvalue weighted by atomic mass is 32.1. The van der Waals surface area contributed by atoms with Gasteiger partial charge in [-0.3, -0.25) is 9.80 Å². The van der Waals surface area contributed by atoms with E-state index >= 15 is 0 Å². The Hall–Kier alpha value is -3.33. The molecule has 3 aromatic heterocycles. The van der Waals surface area contributed by atoms with E-state index in [4.69, 9.17) is 4.98 Å². The van der Waals surface area contributed by atoms with Crippen molar-refractivity contribution >= 4 is 21.6 Å². The second-order valence-corrected chi connectivity index (χ2v) is 11.0. The molecule has 0 atom stereocenters. The Balaban J connectivity index is 1.31. The molecule has 8 heteroatoms. The molecule has 0 aliphatic carbocycles. The van der Waals surface area contributed by atoms with Crippen LogP contribution in [0.3, 0.4) is 0 Å². The van der Waals surface area contributed by atoms with Crippen molar-refractivity contribution in [3.8, 4) is 10.6 Å². The summed E-state index contributed by atoms with van der Waals surface area (Å²) in [4.78, 5) is 22.1. The van der Waals surface area contributed by atoms with E-state index in [0.29, 0.717) is 0 Å². The third-order valence-electron chi connectivity index (χ3n) is 6.76. The van der Waals surface area contributed by atoms with Gasteiger partial charge in [-0.2, -0.15) is 0 Å². The number of hydrogen-bond donors (Lipinski definition) is 1. The molecule has 0 aliphatic rings. The normalized spacial score (nSPS) is 11.8. The number of aryl methyl sites for hydroxylation is 1. The van der Waals surface area contributed by atoms with Crippen LogP contribution in [0.5, 0.6) is 0 Å². The van der Waals surface area contributed by atoms with Crippen LogP contribution in [0, 0.1) is 0 Å². The van der Waals surface area contributed by atoms with Gasteiger partial charge >= 0.3 is 0 Å². The Morgan fingerprint density at radius 1 is 0.842 bits per heavy atom. The predicted octanol–water partition coefficient (Wildman–Crippen LogP) is 6.24. The van der Waals surface area contributed by atoms with Gasteiger partial charge in [0.05, 0.1) is 23.3 Å². The van der Waals surface area contributed by atoms with E-state index in [9.17, 15) is 0 Å². The fourth-order valence-electron chi connectivity index (χ4n) is 4.88. The summed E-state index contributed by atoms with van der Waals surface area (Å²) in [5, 5.41) is 1.07. The first-order valence-corrected chi connectivity index (χ1v) is 14.3. The van der Waals surface area contributed by atoms with Crippen molar-refractivity contribution in [1.29, 1.82) is 0 Å². The maximum atomic E-state index is 4.95. The number of nitrogens with zero attached hydrogens (tertiary/aromatic N) is 6. The molecule has 0 saturated heterocycles. The molecular formula is C30H37N7S. The first kappa shape index (κ1) is 26.3. The molecule has 7 nitrogen and oxygen atoms in total. The topological polar surface area (TPSA) is 65.9 Å². The number of hydrogen-bond acceptors (Lipinski definition) is 6. The number of thiazole rings is 1. The average Bonchev–Trinajstić information content (AvgIpc) is 3.67. The minimum atomic E-state index is 0.728. The SMILES string of the molecule is CCCN(CCC)Cc1ccc(-c2nc3ccc(CN(Cc4ncc[nH]4)Cc4nccn4C)cc3s2)cc1. The van der Waals surface area contributed by atoms with E-state index in [1.165, 1.54) is 34.2 Å². The van der Waals surface area contributed by atoms with Crippen LogP contribution in [0.25, 0.3) is 20.8 Å². The molecule has 198 valence electrons. The largest absolute Gasteiger partial charge is 0.348 e. The van der Waals surface area contributed by atoms with Gasteiger partial charge in [-0.05, 0) is 49.2 Å². The molecule has 0 spiro atoms. The van der Waals surface area contributed by atoms with Gasteiger partial charge in [0.1, 0.15) is 16.7 Å². The molecule has 5 aromatic rings. The van der Waals surface area contributed by atoms with Gasteiger partial charge in [-0.15, -0.1) is 11.3 Å². The maximum absolute atomic E-state index is 4.95. The molecule has 38 heavy (non-hydrogen) atoms. The Morgan fingerprint density at radius 3 is 2.29 bits per heavy atom. The van der Waals surface area contributed by atoms with Crippen molar-refractivity contribution in [2.45, 2.75) is 52.9 Å². The lowest BCUT2D eigenvalue weighted by Crippen LogP contribution is -2.24. The smallest absolute Gasteiger partial charge is 0.124 e. The van der Waals surface area contributed by atoms with Crippen LogP contribution in [0.4, 0.5) is 0 Å². The summed E-state index contributed by atoms with van der Waals surface area (Å²) in [6.45, 7) is 10.1. The van der Waals surface area contributed by atoms with Crippen molar-refractivity contribution in [3.05, 3.63) is 90.0 Å². The summed E-state index contributed by atoms with van der Waals surface area (Å²) in [5.74, 6) is 1.99. The summed E-state index contributed by atoms with van der Waals surface area (Å²) >= 11 is 1.77. The first-order chi connectivity index (χ1) is 18.6. The van der Waals surface area contributed by atoms with Crippen LogP contribution in [0.15, 0.2) is 67.3 Å². The van der Waals surface area contributed by atoms with Gasteiger partial charge in [0.25, 0.3) is 0 Å². The molecule has 1 N–H and O–H groups in total. The lowest BCUT2D eigenvalue weighted by molar-refractivity contribution is 0.233. The van der Waals surface area contributed by atoms with Crippen LogP contribution < -0.4 is 0 Å². The predicted molar refractivity (Wildman–Crippen MR) is 156 cm³/mol. The highest BCUT2D eigenvalue weighted by Crippen LogP contribution is 2.31. The Bertz CT molecular complexity index is 1410. The third kappa shape index (κ3) is 6.56. The number of H-pyrrole nitrogens is 1. The monoisotopic (exact) mass is 527 g/mol. The third-order valence-corrected chi connectivity index (χ3v) is 7.83. The van der Waals surface area contributed by atoms with Crippen LogP contribution in [-0.2, 0) is 33.2 Å². The van der Waals surface area contributed by atoms with Crippen molar-refractivity contribution in [2.75, 3.05) is 13.1 Å². The van der Waals surface area contributed by atoms with E-state index in [1.807, 2.05) is 25.6 Å². The van der Waals surface area contributed by atoms with Crippen LogP contribution in [0.2, 0.25) is 0 Å². The molecule has 3 heterocycles. The van der Waals surface area contributed by atoms with Crippen molar-refractivity contribution in [1.82, 2.24) is 34.3 Å². The minimum absolute atomic E-state index is 0.728. The second kappa shape index (κ2) is 12.5. The van der Waals surface area contributed by atoms with Crippen LogP contribution in [0.1, 0.15) is 49.5 Å². The van der Waals surface area contributed by atoms with Gasteiger partial charge in [0.15, 0.2) is 0 Å². The van der Waals surface area contributed by atoms with E-state index in [0.717, 1.165) is 61.4 Å². The second-order valence-electron chi connectivity index (χ2n) is 9.93. The zero-order chi connectivity index (χ0) is 26.3. The highest BCUT2D eigenvalue weighted by molar-refractivity contribution is 7.21. The van der Waals surface area contributed by atoms with Crippen molar-refractivity contribution in [2.24, 2.45) is 7.05 Å². The Kier molecular flexibility index (Phi) is 8.63. The molecule has 0 bridgehead atoms. The van der Waals surface area contributed by atoms with Crippen LogP contribution >= 0.6 is 11.3 Å². The number of rotatable bonds is 13. The summed E-state index contributed by atoms with van der Waals surface area (Å²) in [5.41, 5.74) is 4.86. The van der Waals surface area contributed by atoms with Crippen molar-refractivity contribution in [3.63, 3.8) is 0 Å². The molecule has 0 aliphatic heterocycles. The minimum Gasteiger partial charge on any atom is -0.348 e. The van der Waals surface area contributed by atoms with Crippen molar-refractivity contribution < 1.29 is 0 Å². The molecule has 0 fully saturated rings. The molecule has 5 rings (SSSR count). The van der Waals surface area contributed by atoms with Gasteiger partial charge in [-0.1, -0.05) is 44.2 Å². The van der Waals surface area contributed by atoms with Gasteiger partial charge in [0, 0.05) is 50.5 Å². The van der Waals surface area contributed by atoms with Gasteiger partial charge < -0.3 is 9.55 Å². The molecule has 0 saturated carbocycles. The summed E-state index contributed by atoms with van der Waals surface area (Å²) in [7, 11) is 2.04. The molecular weight excluding hydrogens is 490 g/mol. The Morgan fingerprint density at radius 2 is 1.61 bits per heavy atom. The van der Waals surface area contributed by atoms with E-state index in [-0.39, 0.29) is 0 Å². The fraction of sp³-hybridized carbons (Fsp3) is 0.367. The number of aromatic amines is 1. The maximum Gasteiger partial charge on any atom is 0.124 e. The zero-order valence-electron chi connectivity index (χ0n) is 22.6. The summed E-state index contributed by atoms with van der Waals surface area (Å²) < 4.78 is 3.29. The van der Waals surface area contributed by atoms with E-state index in [1.54, 1.807) is 17.5 Å².